The van der Waals surface area contributed by atoms with Crippen LogP contribution in [-0.2, 0) is 12.8 Å². The van der Waals surface area contributed by atoms with Crippen molar-refractivity contribution in [3.63, 3.8) is 0 Å². The van der Waals surface area contributed by atoms with Crippen LogP contribution in [-0.4, -0.2) is 11.0 Å². The van der Waals surface area contributed by atoms with E-state index in [4.69, 9.17) is 5.73 Å². The fraction of sp³-hybridized carbons (Fsp3) is 0.471. The molecule has 2 N–H and O–H groups in total. The molecule has 0 saturated heterocycles. The first-order valence-electron chi connectivity index (χ1n) is 7.47. The molecule has 2 unspecified atom stereocenters. The van der Waals surface area contributed by atoms with Crippen molar-refractivity contribution < 1.29 is 0 Å². The Labute approximate surface area is 125 Å². The standard InChI is InChI=1S/C17H22N2S/c1-12-11-20-17(19-12)10-15(18)9-14-7-4-6-13-5-2-3-8-16(13)14/h2-3,5,8,11,14-15H,4,6-7,9-10,18H2,1H3. The molecule has 106 valence electrons. The normalized spacial score (nSPS) is 19.6. The van der Waals surface area contributed by atoms with Crippen molar-refractivity contribution in [3.05, 3.63) is 51.5 Å². The minimum Gasteiger partial charge on any atom is -0.327 e. The van der Waals surface area contributed by atoms with Gasteiger partial charge in [0.1, 0.15) is 0 Å². The van der Waals surface area contributed by atoms with Gasteiger partial charge < -0.3 is 5.73 Å². The molecule has 1 aromatic carbocycles. The summed E-state index contributed by atoms with van der Waals surface area (Å²) in [5, 5.41) is 3.29. The van der Waals surface area contributed by atoms with E-state index in [1.165, 1.54) is 35.4 Å². The van der Waals surface area contributed by atoms with Crippen molar-refractivity contribution in [3.8, 4) is 0 Å². The molecular formula is C17H22N2S. The second-order valence-electron chi connectivity index (χ2n) is 5.87. The van der Waals surface area contributed by atoms with Gasteiger partial charge in [-0.25, -0.2) is 4.98 Å². The highest BCUT2D eigenvalue weighted by molar-refractivity contribution is 7.09. The summed E-state index contributed by atoms with van der Waals surface area (Å²) in [5.41, 5.74) is 10.5. The van der Waals surface area contributed by atoms with E-state index in [0.717, 1.165) is 18.5 Å². The molecule has 2 nitrogen and oxygen atoms in total. The molecule has 3 rings (SSSR count). The Hall–Kier alpha value is -1.19. The van der Waals surface area contributed by atoms with Gasteiger partial charge in [0, 0.05) is 23.5 Å². The molecule has 0 spiro atoms. The van der Waals surface area contributed by atoms with E-state index < -0.39 is 0 Å². The van der Waals surface area contributed by atoms with Crippen LogP contribution in [0.4, 0.5) is 0 Å². The first-order chi connectivity index (χ1) is 9.72. The third kappa shape index (κ3) is 3.10. The summed E-state index contributed by atoms with van der Waals surface area (Å²) in [6, 6.07) is 9.10. The van der Waals surface area contributed by atoms with E-state index >= 15 is 0 Å². The smallest absolute Gasteiger partial charge is 0.0943 e. The number of rotatable bonds is 4. The van der Waals surface area contributed by atoms with Gasteiger partial charge in [0.25, 0.3) is 0 Å². The molecule has 0 fully saturated rings. The van der Waals surface area contributed by atoms with Crippen LogP contribution in [0.3, 0.4) is 0 Å². The van der Waals surface area contributed by atoms with Crippen molar-refractivity contribution in [1.82, 2.24) is 4.98 Å². The van der Waals surface area contributed by atoms with E-state index in [1.54, 1.807) is 11.3 Å². The van der Waals surface area contributed by atoms with E-state index in [9.17, 15) is 0 Å². The number of aryl methyl sites for hydroxylation is 2. The van der Waals surface area contributed by atoms with Gasteiger partial charge in [-0.05, 0) is 49.7 Å². The summed E-state index contributed by atoms with van der Waals surface area (Å²) < 4.78 is 0. The minimum atomic E-state index is 0.219. The highest BCUT2D eigenvalue weighted by Gasteiger charge is 2.22. The fourth-order valence-corrected chi connectivity index (χ4v) is 4.14. The second kappa shape index (κ2) is 6.06. The summed E-state index contributed by atoms with van der Waals surface area (Å²) in [5.74, 6) is 0.635. The molecule has 2 aromatic rings. The number of hydrogen-bond donors (Lipinski definition) is 1. The Morgan fingerprint density at radius 2 is 2.25 bits per heavy atom. The van der Waals surface area contributed by atoms with E-state index in [1.807, 2.05) is 6.92 Å². The number of aromatic nitrogens is 1. The summed E-state index contributed by atoms with van der Waals surface area (Å²) in [6.45, 7) is 2.04. The van der Waals surface area contributed by atoms with Crippen molar-refractivity contribution >= 4 is 11.3 Å². The van der Waals surface area contributed by atoms with Crippen molar-refractivity contribution in [2.45, 2.75) is 51.0 Å². The average molecular weight is 286 g/mol. The summed E-state index contributed by atoms with van der Waals surface area (Å²) in [6.07, 6.45) is 5.80. The van der Waals surface area contributed by atoms with Crippen LogP contribution in [0.2, 0.25) is 0 Å². The zero-order valence-electron chi connectivity index (χ0n) is 12.0. The SMILES string of the molecule is Cc1csc(CC(N)CC2CCCc3ccccc32)n1. The van der Waals surface area contributed by atoms with Crippen molar-refractivity contribution in [1.29, 1.82) is 0 Å². The molecule has 0 amide bonds. The Morgan fingerprint density at radius 3 is 3.05 bits per heavy atom. The monoisotopic (exact) mass is 286 g/mol. The lowest BCUT2D eigenvalue weighted by atomic mass is 9.79. The van der Waals surface area contributed by atoms with Crippen molar-refractivity contribution in [2.24, 2.45) is 5.73 Å². The third-order valence-corrected chi connectivity index (χ3v) is 5.17. The first kappa shape index (κ1) is 13.8. The van der Waals surface area contributed by atoms with Crippen LogP contribution in [0.5, 0.6) is 0 Å². The van der Waals surface area contributed by atoms with Crippen LogP contribution in [0.25, 0.3) is 0 Å². The predicted octanol–water partition coefficient (Wildman–Crippen LogP) is 3.83. The molecule has 0 saturated carbocycles. The summed E-state index contributed by atoms with van der Waals surface area (Å²) >= 11 is 1.73. The van der Waals surface area contributed by atoms with Gasteiger partial charge in [-0.1, -0.05) is 24.3 Å². The third-order valence-electron chi connectivity index (χ3n) is 4.18. The number of fused-ring (bicyclic) bond motifs is 1. The predicted molar refractivity (Wildman–Crippen MR) is 85.3 cm³/mol. The quantitative estimate of drug-likeness (QED) is 0.927. The highest BCUT2D eigenvalue weighted by atomic mass is 32.1. The first-order valence-corrected chi connectivity index (χ1v) is 8.34. The average Bonchev–Trinajstić information content (AvgIpc) is 2.84. The minimum absolute atomic E-state index is 0.219. The van der Waals surface area contributed by atoms with Crippen LogP contribution >= 0.6 is 11.3 Å². The van der Waals surface area contributed by atoms with E-state index in [-0.39, 0.29) is 6.04 Å². The van der Waals surface area contributed by atoms with Gasteiger partial charge in [-0.15, -0.1) is 11.3 Å². The molecule has 2 atom stereocenters. The Kier molecular flexibility index (Phi) is 4.18. The molecule has 1 aliphatic carbocycles. The summed E-state index contributed by atoms with van der Waals surface area (Å²) in [7, 11) is 0. The van der Waals surface area contributed by atoms with Crippen LogP contribution < -0.4 is 5.73 Å². The van der Waals surface area contributed by atoms with E-state index in [2.05, 4.69) is 34.6 Å². The Bertz CT molecular complexity index is 576. The van der Waals surface area contributed by atoms with Gasteiger partial charge in [0.05, 0.1) is 5.01 Å². The Balaban J connectivity index is 1.66. The molecule has 20 heavy (non-hydrogen) atoms. The molecule has 1 aliphatic rings. The maximum Gasteiger partial charge on any atom is 0.0943 e. The van der Waals surface area contributed by atoms with Gasteiger partial charge in [-0.2, -0.15) is 0 Å². The van der Waals surface area contributed by atoms with Crippen LogP contribution in [0.1, 0.15) is 47.0 Å². The molecule has 1 heterocycles. The maximum absolute atomic E-state index is 6.37. The Morgan fingerprint density at radius 1 is 1.40 bits per heavy atom. The van der Waals surface area contributed by atoms with Gasteiger partial charge in [0.15, 0.2) is 0 Å². The maximum atomic E-state index is 6.37. The zero-order chi connectivity index (χ0) is 13.9. The lowest BCUT2D eigenvalue weighted by Gasteiger charge is -2.27. The van der Waals surface area contributed by atoms with Gasteiger partial charge >= 0.3 is 0 Å². The second-order valence-corrected chi connectivity index (χ2v) is 6.81. The van der Waals surface area contributed by atoms with Gasteiger partial charge in [-0.3, -0.25) is 0 Å². The molecule has 0 aliphatic heterocycles. The molecule has 3 heteroatoms. The summed E-state index contributed by atoms with van der Waals surface area (Å²) in [4.78, 5) is 4.53. The lowest BCUT2D eigenvalue weighted by Crippen LogP contribution is -2.26. The number of benzene rings is 1. The molecule has 0 radical (unpaired) electrons. The number of hydrogen-bond acceptors (Lipinski definition) is 3. The highest BCUT2D eigenvalue weighted by Crippen LogP contribution is 2.34. The van der Waals surface area contributed by atoms with Crippen LogP contribution in [0.15, 0.2) is 29.6 Å². The number of nitrogens with zero attached hydrogens (tertiary/aromatic N) is 1. The number of nitrogens with two attached hydrogens (primary N) is 1. The molecule has 1 aromatic heterocycles. The molecular weight excluding hydrogens is 264 g/mol. The zero-order valence-corrected chi connectivity index (χ0v) is 12.8. The van der Waals surface area contributed by atoms with E-state index in [0.29, 0.717) is 5.92 Å². The topological polar surface area (TPSA) is 38.9 Å². The largest absolute Gasteiger partial charge is 0.327 e. The number of thiazole rings is 1. The molecule has 0 bridgehead atoms. The van der Waals surface area contributed by atoms with Crippen molar-refractivity contribution in [2.75, 3.05) is 0 Å². The fourth-order valence-electron chi connectivity index (χ4n) is 3.27. The lowest BCUT2D eigenvalue weighted by molar-refractivity contribution is 0.466. The van der Waals surface area contributed by atoms with Crippen LogP contribution in [0, 0.1) is 6.92 Å². The van der Waals surface area contributed by atoms with Gasteiger partial charge in [0.2, 0.25) is 0 Å².